The fraction of sp³-hybridized carbons (Fsp3) is 0.545. The van der Waals surface area contributed by atoms with E-state index >= 15 is 0 Å². The molecule has 1 amide bonds. The second-order valence-corrected chi connectivity index (χ2v) is 4.59. The lowest BCUT2D eigenvalue weighted by atomic mass is 9.85. The second kappa shape index (κ2) is 4.78. The zero-order chi connectivity index (χ0) is 11.5. The Hall–Kier alpha value is -1.16. The summed E-state index contributed by atoms with van der Waals surface area (Å²) in [7, 11) is 1.80. The lowest BCUT2D eigenvalue weighted by Gasteiger charge is -2.29. The zero-order valence-electron chi connectivity index (χ0n) is 9.19. The molecule has 0 saturated heterocycles. The number of rotatable bonds is 3. The molecule has 0 spiro atoms. The predicted molar refractivity (Wildman–Crippen MR) is 61.3 cm³/mol. The van der Waals surface area contributed by atoms with Gasteiger partial charge in [-0.05, 0) is 18.8 Å². The molecule has 5 heteroatoms. The van der Waals surface area contributed by atoms with Crippen LogP contribution in [0.15, 0.2) is 12.4 Å². The largest absolute Gasteiger partial charge is 0.340 e. The number of halogens is 1. The third-order valence-electron chi connectivity index (χ3n) is 2.94. The number of hydrogen-bond acceptors (Lipinski definition) is 3. The molecule has 1 aromatic heterocycles. The highest BCUT2D eigenvalue weighted by atomic mass is 35.5. The van der Waals surface area contributed by atoms with Gasteiger partial charge in [-0.2, -0.15) is 0 Å². The zero-order valence-corrected chi connectivity index (χ0v) is 9.94. The molecule has 0 atom stereocenters. The van der Waals surface area contributed by atoms with Crippen molar-refractivity contribution in [1.82, 2.24) is 14.9 Å². The van der Waals surface area contributed by atoms with Crippen molar-refractivity contribution < 1.29 is 4.79 Å². The fourth-order valence-corrected chi connectivity index (χ4v) is 1.86. The Morgan fingerprint density at radius 2 is 2.25 bits per heavy atom. The minimum Gasteiger partial charge on any atom is -0.340 e. The van der Waals surface area contributed by atoms with Gasteiger partial charge in [0.05, 0.1) is 12.4 Å². The van der Waals surface area contributed by atoms with Crippen LogP contribution < -0.4 is 0 Å². The van der Waals surface area contributed by atoms with Crippen LogP contribution in [0.25, 0.3) is 0 Å². The molecule has 1 aromatic rings. The van der Waals surface area contributed by atoms with Crippen molar-refractivity contribution in [2.45, 2.75) is 19.3 Å². The average molecular weight is 240 g/mol. The van der Waals surface area contributed by atoms with E-state index in [-0.39, 0.29) is 5.91 Å². The summed E-state index contributed by atoms with van der Waals surface area (Å²) in [5.74, 6) is 0.574. The molecular weight excluding hydrogens is 226 g/mol. The summed E-state index contributed by atoms with van der Waals surface area (Å²) < 4.78 is 0. The predicted octanol–water partition coefficient (Wildman–Crippen LogP) is 2.00. The van der Waals surface area contributed by atoms with Crippen molar-refractivity contribution in [2.75, 3.05) is 13.6 Å². The van der Waals surface area contributed by atoms with Crippen molar-refractivity contribution in [1.29, 1.82) is 0 Å². The van der Waals surface area contributed by atoms with Gasteiger partial charge in [0.15, 0.2) is 0 Å². The highest BCUT2D eigenvalue weighted by Gasteiger charge is 2.22. The van der Waals surface area contributed by atoms with Gasteiger partial charge < -0.3 is 4.90 Å². The van der Waals surface area contributed by atoms with Crippen molar-refractivity contribution in [3.63, 3.8) is 0 Å². The molecule has 1 heterocycles. The summed E-state index contributed by atoms with van der Waals surface area (Å²) in [4.78, 5) is 21.4. The maximum Gasteiger partial charge on any atom is 0.273 e. The minimum atomic E-state index is -0.0870. The van der Waals surface area contributed by atoms with Crippen LogP contribution in [0.1, 0.15) is 29.8 Å². The molecule has 0 aliphatic heterocycles. The maximum atomic E-state index is 11.9. The van der Waals surface area contributed by atoms with Crippen molar-refractivity contribution in [2.24, 2.45) is 5.92 Å². The van der Waals surface area contributed by atoms with Crippen LogP contribution in [0, 0.1) is 5.92 Å². The van der Waals surface area contributed by atoms with E-state index in [0.717, 1.165) is 6.54 Å². The standard InChI is InChI=1S/C11H14ClN3O/c1-15(7-8-3-2-4-8)11(16)9-5-14-10(12)6-13-9/h5-6,8H,2-4,7H2,1H3. The third kappa shape index (κ3) is 2.50. The average Bonchev–Trinajstić information content (AvgIpc) is 2.23. The first-order valence-corrected chi connectivity index (χ1v) is 5.77. The molecule has 0 aromatic carbocycles. The van der Waals surface area contributed by atoms with Crippen LogP contribution in [0.2, 0.25) is 5.15 Å². The van der Waals surface area contributed by atoms with Gasteiger partial charge in [-0.3, -0.25) is 4.79 Å². The van der Waals surface area contributed by atoms with Crippen LogP contribution in [0.3, 0.4) is 0 Å². The number of carbonyl (C=O) groups excluding carboxylic acids is 1. The normalized spacial score (nSPS) is 15.6. The van der Waals surface area contributed by atoms with E-state index in [1.165, 1.54) is 31.7 Å². The molecule has 0 unspecified atom stereocenters. The van der Waals surface area contributed by atoms with Gasteiger partial charge in [-0.25, -0.2) is 9.97 Å². The molecule has 0 N–H and O–H groups in total. The van der Waals surface area contributed by atoms with E-state index < -0.39 is 0 Å². The number of amides is 1. The van der Waals surface area contributed by atoms with E-state index in [4.69, 9.17) is 11.6 Å². The Bertz CT molecular complexity index is 375. The van der Waals surface area contributed by atoms with Crippen molar-refractivity contribution >= 4 is 17.5 Å². The topological polar surface area (TPSA) is 46.1 Å². The molecule has 4 nitrogen and oxygen atoms in total. The van der Waals surface area contributed by atoms with Crippen molar-refractivity contribution in [3.8, 4) is 0 Å². The van der Waals surface area contributed by atoms with E-state index in [9.17, 15) is 4.79 Å². The number of hydrogen-bond donors (Lipinski definition) is 0. The molecular formula is C11H14ClN3O. The molecule has 1 aliphatic carbocycles. The summed E-state index contributed by atoms with van der Waals surface area (Å²) in [5, 5.41) is 0.304. The summed E-state index contributed by atoms with van der Waals surface area (Å²) in [6.45, 7) is 0.809. The summed E-state index contributed by atoms with van der Waals surface area (Å²) in [5.41, 5.74) is 0.353. The Morgan fingerprint density at radius 1 is 1.50 bits per heavy atom. The highest BCUT2D eigenvalue weighted by Crippen LogP contribution is 2.26. The number of carbonyl (C=O) groups is 1. The lowest BCUT2D eigenvalue weighted by Crippen LogP contribution is -2.34. The summed E-state index contributed by atoms with van der Waals surface area (Å²) >= 11 is 5.61. The first kappa shape index (κ1) is 11.3. The molecule has 0 bridgehead atoms. The third-order valence-corrected chi connectivity index (χ3v) is 3.14. The Balaban J connectivity index is 1.97. The van der Waals surface area contributed by atoms with E-state index in [1.807, 2.05) is 0 Å². The molecule has 16 heavy (non-hydrogen) atoms. The molecule has 2 rings (SSSR count). The van der Waals surface area contributed by atoms with Gasteiger partial charge in [0.1, 0.15) is 10.8 Å². The number of nitrogens with zero attached hydrogens (tertiary/aromatic N) is 3. The lowest BCUT2D eigenvalue weighted by molar-refractivity contribution is 0.0739. The van der Waals surface area contributed by atoms with E-state index in [1.54, 1.807) is 11.9 Å². The summed E-state index contributed by atoms with van der Waals surface area (Å²) in [6, 6.07) is 0. The van der Waals surface area contributed by atoms with Crippen LogP contribution in [-0.2, 0) is 0 Å². The van der Waals surface area contributed by atoms with Gasteiger partial charge in [0.2, 0.25) is 0 Å². The van der Waals surface area contributed by atoms with Crippen LogP contribution >= 0.6 is 11.6 Å². The SMILES string of the molecule is CN(CC1CCC1)C(=O)c1cnc(Cl)cn1. The smallest absolute Gasteiger partial charge is 0.273 e. The second-order valence-electron chi connectivity index (χ2n) is 4.21. The number of aromatic nitrogens is 2. The Morgan fingerprint density at radius 3 is 2.75 bits per heavy atom. The molecule has 86 valence electrons. The monoisotopic (exact) mass is 239 g/mol. The summed E-state index contributed by atoms with van der Waals surface area (Å²) in [6.07, 6.45) is 6.55. The maximum absolute atomic E-state index is 11.9. The quantitative estimate of drug-likeness (QED) is 0.811. The fourth-order valence-electron chi connectivity index (χ4n) is 1.76. The van der Waals surface area contributed by atoms with E-state index in [0.29, 0.717) is 16.8 Å². The molecule has 1 aliphatic rings. The molecule has 1 fully saturated rings. The molecule has 1 saturated carbocycles. The minimum absolute atomic E-state index is 0.0870. The Kier molecular flexibility index (Phi) is 3.39. The highest BCUT2D eigenvalue weighted by molar-refractivity contribution is 6.29. The Labute approximate surface area is 99.6 Å². The van der Waals surface area contributed by atoms with E-state index in [2.05, 4.69) is 9.97 Å². The first-order chi connectivity index (χ1) is 7.66. The van der Waals surface area contributed by atoms with Gasteiger partial charge in [-0.15, -0.1) is 0 Å². The van der Waals surface area contributed by atoms with Crippen molar-refractivity contribution in [3.05, 3.63) is 23.2 Å². The van der Waals surface area contributed by atoms with Crippen LogP contribution in [0.5, 0.6) is 0 Å². The first-order valence-electron chi connectivity index (χ1n) is 5.40. The molecule has 0 radical (unpaired) electrons. The van der Waals surface area contributed by atoms with Gasteiger partial charge in [0, 0.05) is 13.6 Å². The van der Waals surface area contributed by atoms with Crippen LogP contribution in [0.4, 0.5) is 0 Å². The van der Waals surface area contributed by atoms with Gasteiger partial charge in [-0.1, -0.05) is 18.0 Å². The van der Waals surface area contributed by atoms with Crippen LogP contribution in [-0.4, -0.2) is 34.4 Å². The van der Waals surface area contributed by atoms with Gasteiger partial charge >= 0.3 is 0 Å². The van der Waals surface area contributed by atoms with Gasteiger partial charge in [0.25, 0.3) is 5.91 Å².